The van der Waals surface area contributed by atoms with Crippen molar-refractivity contribution in [2.24, 2.45) is 0 Å². The number of hydrogen-bond acceptors (Lipinski definition) is 7. The van der Waals surface area contributed by atoms with E-state index in [1.165, 1.54) is 0 Å². The van der Waals surface area contributed by atoms with Crippen molar-refractivity contribution >= 4 is 26.6 Å². The predicted molar refractivity (Wildman–Crippen MR) is 128 cm³/mol. The van der Waals surface area contributed by atoms with Crippen LogP contribution in [0.5, 0.6) is 0 Å². The number of rotatable bonds is 5. The highest BCUT2D eigenvalue weighted by molar-refractivity contribution is 7.92. The minimum absolute atomic E-state index is 0.295. The standard InChI is InChI=1S/C23H31N7OS/c1-15(2)29-11-12-30(16(3)14-29)20-13-19(23(7-8-23)32(4,24)31)27-22(28-20)18-6-10-26-21-17(18)5-9-25-21/h5-6,9-10,13,15-16,24H,7-8,11-12,14H2,1-4H3,(H,25,26)/t16-,32?/m1/s1. The molecule has 1 saturated carbocycles. The zero-order valence-electron chi connectivity index (χ0n) is 19.1. The van der Waals surface area contributed by atoms with Crippen LogP contribution in [-0.2, 0) is 14.5 Å². The number of fused-ring (bicyclic) bond motifs is 1. The molecule has 0 bridgehead atoms. The van der Waals surface area contributed by atoms with Gasteiger partial charge in [0.05, 0.1) is 20.2 Å². The van der Waals surface area contributed by atoms with Gasteiger partial charge in [-0.1, -0.05) is 0 Å². The van der Waals surface area contributed by atoms with Gasteiger partial charge in [0.1, 0.15) is 11.5 Å². The van der Waals surface area contributed by atoms with E-state index in [1.807, 2.05) is 24.4 Å². The molecule has 9 heteroatoms. The molecule has 1 saturated heterocycles. The first-order chi connectivity index (χ1) is 15.2. The molecule has 2 fully saturated rings. The Bertz CT molecular complexity index is 1260. The lowest BCUT2D eigenvalue weighted by Gasteiger charge is -2.42. The van der Waals surface area contributed by atoms with Gasteiger partial charge >= 0.3 is 0 Å². The summed E-state index contributed by atoms with van der Waals surface area (Å²) in [5, 5.41) is 0.959. The van der Waals surface area contributed by atoms with Crippen molar-refractivity contribution in [2.75, 3.05) is 30.8 Å². The van der Waals surface area contributed by atoms with Crippen LogP contribution in [0.4, 0.5) is 5.82 Å². The molecule has 3 aromatic heterocycles. The molecule has 1 aliphatic heterocycles. The lowest BCUT2D eigenvalue weighted by molar-refractivity contribution is 0.185. The van der Waals surface area contributed by atoms with Gasteiger partial charge in [0.25, 0.3) is 0 Å². The van der Waals surface area contributed by atoms with Crippen LogP contribution >= 0.6 is 0 Å². The SMILES string of the molecule is CC(C)N1CCN(c2cc(C3(S(C)(=N)=O)CC3)nc(-c3ccnc4[nH]ccc34)n2)[C@H](C)C1. The number of pyridine rings is 1. The fraction of sp³-hybridized carbons (Fsp3) is 0.522. The van der Waals surface area contributed by atoms with Gasteiger partial charge in [-0.15, -0.1) is 0 Å². The average Bonchev–Trinajstić information content (AvgIpc) is 3.44. The molecule has 4 heterocycles. The molecule has 0 amide bonds. The van der Waals surface area contributed by atoms with E-state index < -0.39 is 14.5 Å². The topological polar surface area (TPSA) is 102 Å². The molecule has 3 aromatic rings. The molecule has 8 nitrogen and oxygen atoms in total. The minimum Gasteiger partial charge on any atom is -0.351 e. The van der Waals surface area contributed by atoms with Gasteiger partial charge in [0.15, 0.2) is 5.82 Å². The molecule has 1 aliphatic carbocycles. The summed E-state index contributed by atoms with van der Waals surface area (Å²) in [6.07, 6.45) is 6.63. The van der Waals surface area contributed by atoms with Crippen molar-refractivity contribution < 1.29 is 4.21 Å². The van der Waals surface area contributed by atoms with Crippen LogP contribution < -0.4 is 4.90 Å². The second-order valence-corrected chi connectivity index (χ2v) is 12.0. The quantitative estimate of drug-likeness (QED) is 0.612. The van der Waals surface area contributed by atoms with Crippen LogP contribution in [0.25, 0.3) is 22.4 Å². The smallest absolute Gasteiger partial charge is 0.162 e. The second-order valence-electron chi connectivity index (χ2n) is 9.50. The molecule has 170 valence electrons. The molecular formula is C23H31N7OS. The van der Waals surface area contributed by atoms with E-state index in [4.69, 9.17) is 14.7 Å². The zero-order valence-corrected chi connectivity index (χ0v) is 19.9. The summed E-state index contributed by atoms with van der Waals surface area (Å²) >= 11 is 0. The summed E-state index contributed by atoms with van der Waals surface area (Å²) in [5.74, 6) is 1.47. The van der Waals surface area contributed by atoms with E-state index in [9.17, 15) is 4.21 Å². The van der Waals surface area contributed by atoms with E-state index in [0.29, 0.717) is 17.9 Å². The lowest BCUT2D eigenvalue weighted by atomic mass is 10.1. The number of H-pyrrole nitrogens is 1. The third-order valence-electron chi connectivity index (χ3n) is 7.01. The highest BCUT2D eigenvalue weighted by Crippen LogP contribution is 2.52. The number of nitrogens with zero attached hydrogens (tertiary/aromatic N) is 5. The van der Waals surface area contributed by atoms with Crippen LogP contribution in [0, 0.1) is 4.78 Å². The molecule has 5 rings (SSSR count). The van der Waals surface area contributed by atoms with Gasteiger partial charge in [-0.3, -0.25) is 9.68 Å². The fourth-order valence-corrected chi connectivity index (χ4v) is 6.23. The average molecular weight is 454 g/mol. The van der Waals surface area contributed by atoms with E-state index in [1.54, 1.807) is 12.5 Å². The van der Waals surface area contributed by atoms with Gasteiger partial charge in [-0.05, 0) is 45.7 Å². The molecule has 1 unspecified atom stereocenters. The van der Waals surface area contributed by atoms with Crippen molar-refractivity contribution in [2.45, 2.75) is 50.4 Å². The molecule has 2 aliphatic rings. The van der Waals surface area contributed by atoms with Gasteiger partial charge in [-0.25, -0.2) is 19.2 Å². The minimum atomic E-state index is -2.79. The Hall–Kier alpha value is -2.52. The van der Waals surface area contributed by atoms with Crippen LogP contribution in [0.2, 0.25) is 0 Å². The normalized spacial score (nSPS) is 22.9. The molecular weight excluding hydrogens is 422 g/mol. The maximum Gasteiger partial charge on any atom is 0.162 e. The molecule has 0 radical (unpaired) electrons. The maximum absolute atomic E-state index is 12.9. The van der Waals surface area contributed by atoms with Crippen molar-refractivity contribution in [3.63, 3.8) is 0 Å². The van der Waals surface area contributed by atoms with Gasteiger partial charge < -0.3 is 9.88 Å². The third kappa shape index (κ3) is 3.47. The first-order valence-electron chi connectivity index (χ1n) is 11.3. The number of nitrogens with one attached hydrogen (secondary N) is 2. The van der Waals surface area contributed by atoms with E-state index in [-0.39, 0.29) is 0 Å². The largest absolute Gasteiger partial charge is 0.351 e. The molecule has 32 heavy (non-hydrogen) atoms. The number of piperazine rings is 1. The van der Waals surface area contributed by atoms with Crippen molar-refractivity contribution in [1.29, 1.82) is 4.78 Å². The lowest BCUT2D eigenvalue weighted by Crippen LogP contribution is -2.54. The van der Waals surface area contributed by atoms with Crippen molar-refractivity contribution in [3.05, 3.63) is 36.3 Å². The highest BCUT2D eigenvalue weighted by Gasteiger charge is 2.53. The predicted octanol–water partition coefficient (Wildman–Crippen LogP) is 3.60. The van der Waals surface area contributed by atoms with Crippen molar-refractivity contribution in [1.82, 2.24) is 24.8 Å². The summed E-state index contributed by atoms with van der Waals surface area (Å²) < 4.78 is 20.6. The van der Waals surface area contributed by atoms with Crippen LogP contribution in [0.1, 0.15) is 39.3 Å². The first kappa shape index (κ1) is 21.3. The summed E-state index contributed by atoms with van der Waals surface area (Å²) in [6, 6.07) is 6.72. The summed E-state index contributed by atoms with van der Waals surface area (Å²) in [4.78, 5) is 22.3. The van der Waals surface area contributed by atoms with Crippen LogP contribution in [-0.4, -0.2) is 67.0 Å². The van der Waals surface area contributed by atoms with E-state index in [2.05, 4.69) is 40.5 Å². The van der Waals surface area contributed by atoms with E-state index >= 15 is 0 Å². The van der Waals surface area contributed by atoms with Crippen molar-refractivity contribution in [3.8, 4) is 11.4 Å². The Kier molecular flexibility index (Phi) is 5.01. The molecule has 0 aromatic carbocycles. The molecule has 2 atom stereocenters. The first-order valence-corrected chi connectivity index (χ1v) is 13.2. The Labute approximate surface area is 189 Å². The van der Waals surface area contributed by atoms with Crippen LogP contribution in [0.3, 0.4) is 0 Å². The maximum atomic E-state index is 12.9. The Morgan fingerprint density at radius 3 is 2.69 bits per heavy atom. The number of hydrogen-bond donors (Lipinski definition) is 2. The monoisotopic (exact) mass is 453 g/mol. The third-order valence-corrected chi connectivity index (χ3v) is 9.12. The number of aromatic amines is 1. The highest BCUT2D eigenvalue weighted by atomic mass is 32.2. The molecule has 0 spiro atoms. The number of aromatic nitrogens is 4. The molecule has 2 N–H and O–H groups in total. The summed E-state index contributed by atoms with van der Waals surface area (Å²) in [5.41, 5.74) is 2.42. The van der Waals surface area contributed by atoms with E-state index in [0.717, 1.165) is 60.6 Å². The van der Waals surface area contributed by atoms with Crippen LogP contribution in [0.15, 0.2) is 30.6 Å². The Morgan fingerprint density at radius 1 is 1.25 bits per heavy atom. The van der Waals surface area contributed by atoms with Gasteiger partial charge in [-0.2, -0.15) is 0 Å². The fourth-order valence-electron chi connectivity index (χ4n) is 4.85. The Balaban J connectivity index is 1.64. The Morgan fingerprint density at radius 2 is 2.03 bits per heavy atom. The van der Waals surface area contributed by atoms with Gasteiger partial charge in [0.2, 0.25) is 0 Å². The number of anilines is 1. The second kappa shape index (κ2) is 7.52. The summed E-state index contributed by atoms with van der Waals surface area (Å²) in [6.45, 7) is 9.52. The summed E-state index contributed by atoms with van der Waals surface area (Å²) in [7, 11) is -2.79. The van der Waals surface area contributed by atoms with Gasteiger partial charge in [0, 0.05) is 67.4 Å². The zero-order chi connectivity index (χ0) is 22.7.